The molecule has 0 saturated heterocycles. The van der Waals surface area contributed by atoms with Crippen LogP contribution in [0.4, 0.5) is 10.1 Å². The Hall–Kier alpha value is -3.13. The number of aryl methyl sites for hydroxylation is 1. The Kier molecular flexibility index (Phi) is 5.79. The summed E-state index contributed by atoms with van der Waals surface area (Å²) in [4.78, 5) is 17.6. The van der Waals surface area contributed by atoms with Crippen LogP contribution in [0.25, 0.3) is 10.6 Å². The van der Waals surface area contributed by atoms with Crippen molar-refractivity contribution in [3.8, 4) is 27.8 Å². The van der Waals surface area contributed by atoms with Crippen molar-refractivity contribution >= 4 is 22.9 Å². The average Bonchev–Trinajstić information content (AvgIpc) is 3.08. The molecule has 3 aromatic rings. The van der Waals surface area contributed by atoms with Crippen LogP contribution < -0.4 is 19.5 Å². The summed E-state index contributed by atoms with van der Waals surface area (Å²) in [6.45, 7) is 1.70. The second-order valence-electron chi connectivity index (χ2n) is 5.77. The van der Waals surface area contributed by atoms with E-state index >= 15 is 0 Å². The molecule has 1 aromatic heterocycles. The molecule has 0 aliphatic carbocycles. The normalized spacial score (nSPS) is 10.5. The number of carbonyl (C=O) groups excluding carboxylic acids is 1. The Morgan fingerprint density at radius 1 is 1.07 bits per heavy atom. The number of amides is 1. The molecule has 0 atom stereocenters. The Morgan fingerprint density at radius 3 is 2.50 bits per heavy atom. The van der Waals surface area contributed by atoms with Gasteiger partial charge in [-0.3, -0.25) is 4.79 Å². The molecule has 0 unspecified atom stereocenters. The molecular formula is C20H19FN2O4S. The summed E-state index contributed by atoms with van der Waals surface area (Å²) in [7, 11) is 4.51. The molecule has 0 aliphatic rings. The molecule has 0 aliphatic heterocycles. The van der Waals surface area contributed by atoms with Crippen molar-refractivity contribution in [2.75, 3.05) is 26.6 Å². The highest BCUT2D eigenvalue weighted by atomic mass is 32.1. The zero-order valence-corrected chi connectivity index (χ0v) is 16.6. The lowest BCUT2D eigenvalue weighted by molar-refractivity contribution is 0.102. The number of nitrogens with one attached hydrogen (secondary N) is 1. The minimum Gasteiger partial charge on any atom is -0.497 e. The number of ether oxygens (including phenoxy) is 3. The lowest BCUT2D eigenvalue weighted by Crippen LogP contribution is -2.12. The summed E-state index contributed by atoms with van der Waals surface area (Å²) < 4.78 is 30.1. The van der Waals surface area contributed by atoms with Gasteiger partial charge in [-0.2, -0.15) is 0 Å². The highest BCUT2D eigenvalue weighted by molar-refractivity contribution is 7.17. The van der Waals surface area contributed by atoms with Crippen LogP contribution in [0.1, 0.15) is 15.4 Å². The Balaban J connectivity index is 1.95. The van der Waals surface area contributed by atoms with E-state index in [0.717, 1.165) is 11.3 Å². The summed E-state index contributed by atoms with van der Waals surface area (Å²) in [6.07, 6.45) is 0. The van der Waals surface area contributed by atoms with Gasteiger partial charge in [-0.25, -0.2) is 9.37 Å². The monoisotopic (exact) mass is 402 g/mol. The van der Waals surface area contributed by atoms with Crippen molar-refractivity contribution in [1.82, 2.24) is 4.98 Å². The Labute approximate surface area is 165 Å². The van der Waals surface area contributed by atoms with Gasteiger partial charge in [0.15, 0.2) is 0 Å². The number of halogens is 1. The van der Waals surface area contributed by atoms with Crippen molar-refractivity contribution in [1.29, 1.82) is 0 Å². The molecule has 146 valence electrons. The predicted molar refractivity (Wildman–Crippen MR) is 106 cm³/mol. The van der Waals surface area contributed by atoms with Crippen LogP contribution in [0.5, 0.6) is 17.2 Å². The van der Waals surface area contributed by atoms with E-state index in [4.69, 9.17) is 14.2 Å². The lowest BCUT2D eigenvalue weighted by Gasteiger charge is -2.11. The van der Waals surface area contributed by atoms with Crippen LogP contribution in [0.15, 0.2) is 36.4 Å². The van der Waals surface area contributed by atoms with Crippen molar-refractivity contribution < 1.29 is 23.4 Å². The van der Waals surface area contributed by atoms with Gasteiger partial charge in [-0.15, -0.1) is 11.3 Å². The second kappa shape index (κ2) is 8.26. The summed E-state index contributed by atoms with van der Waals surface area (Å²) in [5, 5.41) is 3.17. The summed E-state index contributed by atoms with van der Waals surface area (Å²) in [5.41, 5.74) is 1.19. The first-order chi connectivity index (χ1) is 13.5. The van der Waals surface area contributed by atoms with Crippen LogP contribution in [0.3, 0.4) is 0 Å². The van der Waals surface area contributed by atoms with E-state index in [1.54, 1.807) is 37.3 Å². The number of anilines is 1. The van der Waals surface area contributed by atoms with Crippen LogP contribution >= 0.6 is 11.3 Å². The minimum absolute atomic E-state index is 0.233. The molecule has 0 saturated carbocycles. The van der Waals surface area contributed by atoms with Crippen LogP contribution in [0, 0.1) is 12.7 Å². The standard InChI is InChI=1S/C20H19FN2O4S/c1-11-18(19(24)23-14-10-12(25-2)8-9-15(14)26-3)28-20(22-11)17-13(21)6-5-7-16(17)27-4/h5-10H,1-4H3,(H,23,24). The highest BCUT2D eigenvalue weighted by Crippen LogP contribution is 2.37. The molecule has 1 amide bonds. The van der Waals surface area contributed by atoms with E-state index in [0.29, 0.717) is 38.5 Å². The Morgan fingerprint density at radius 2 is 1.82 bits per heavy atom. The van der Waals surface area contributed by atoms with E-state index < -0.39 is 5.82 Å². The number of methoxy groups -OCH3 is 3. The molecule has 0 spiro atoms. The molecule has 6 nitrogen and oxygen atoms in total. The zero-order valence-electron chi connectivity index (χ0n) is 15.8. The highest BCUT2D eigenvalue weighted by Gasteiger charge is 2.21. The third-order valence-electron chi connectivity index (χ3n) is 4.07. The van der Waals surface area contributed by atoms with Crippen molar-refractivity contribution in [3.05, 3.63) is 52.8 Å². The fourth-order valence-corrected chi connectivity index (χ4v) is 3.70. The third kappa shape index (κ3) is 3.77. The number of nitrogens with zero attached hydrogens (tertiary/aromatic N) is 1. The van der Waals surface area contributed by atoms with Gasteiger partial charge in [0.25, 0.3) is 5.91 Å². The number of carbonyl (C=O) groups is 1. The first-order valence-electron chi connectivity index (χ1n) is 8.32. The van der Waals surface area contributed by atoms with E-state index in [9.17, 15) is 9.18 Å². The summed E-state index contributed by atoms with van der Waals surface area (Å²) >= 11 is 1.09. The number of thiazole rings is 1. The van der Waals surface area contributed by atoms with Gasteiger partial charge >= 0.3 is 0 Å². The van der Waals surface area contributed by atoms with Crippen LogP contribution in [0.2, 0.25) is 0 Å². The van der Waals surface area contributed by atoms with Crippen molar-refractivity contribution in [3.63, 3.8) is 0 Å². The molecule has 1 N–H and O–H groups in total. The predicted octanol–water partition coefficient (Wildman–Crippen LogP) is 4.54. The average molecular weight is 402 g/mol. The maximum atomic E-state index is 14.3. The fourth-order valence-electron chi connectivity index (χ4n) is 2.69. The Bertz CT molecular complexity index is 1020. The smallest absolute Gasteiger partial charge is 0.267 e. The summed E-state index contributed by atoms with van der Waals surface area (Å²) in [5.74, 6) is 0.592. The topological polar surface area (TPSA) is 69.7 Å². The molecule has 1 heterocycles. The molecule has 0 fully saturated rings. The number of hydrogen-bond acceptors (Lipinski definition) is 6. The SMILES string of the molecule is COc1ccc(OC)c(NC(=O)c2sc(-c3c(F)cccc3OC)nc2C)c1. The fraction of sp³-hybridized carbons (Fsp3) is 0.200. The van der Waals surface area contributed by atoms with Crippen LogP contribution in [-0.2, 0) is 0 Å². The second-order valence-corrected chi connectivity index (χ2v) is 6.77. The van der Waals surface area contributed by atoms with E-state index in [-0.39, 0.29) is 11.5 Å². The van der Waals surface area contributed by atoms with Gasteiger partial charge in [0.05, 0.1) is 38.3 Å². The number of aromatic nitrogens is 1. The molecule has 2 aromatic carbocycles. The third-order valence-corrected chi connectivity index (χ3v) is 5.24. The number of benzene rings is 2. The van der Waals surface area contributed by atoms with Crippen molar-refractivity contribution in [2.45, 2.75) is 6.92 Å². The minimum atomic E-state index is -0.463. The zero-order chi connectivity index (χ0) is 20.3. The van der Waals surface area contributed by atoms with Gasteiger partial charge in [0, 0.05) is 6.07 Å². The van der Waals surface area contributed by atoms with Gasteiger partial charge in [0.2, 0.25) is 0 Å². The van der Waals surface area contributed by atoms with E-state index in [1.807, 2.05) is 0 Å². The molecule has 3 rings (SSSR count). The number of rotatable bonds is 6. The van der Waals surface area contributed by atoms with Crippen molar-refractivity contribution in [2.24, 2.45) is 0 Å². The van der Waals surface area contributed by atoms with Gasteiger partial charge in [-0.1, -0.05) is 6.07 Å². The van der Waals surface area contributed by atoms with Crippen LogP contribution in [-0.4, -0.2) is 32.2 Å². The number of hydrogen-bond donors (Lipinski definition) is 1. The largest absolute Gasteiger partial charge is 0.497 e. The maximum absolute atomic E-state index is 14.3. The molecule has 8 heteroatoms. The lowest BCUT2D eigenvalue weighted by atomic mass is 10.2. The van der Waals surface area contributed by atoms with E-state index in [1.165, 1.54) is 27.4 Å². The van der Waals surface area contributed by atoms with E-state index in [2.05, 4.69) is 10.3 Å². The molecule has 0 bridgehead atoms. The molecule has 28 heavy (non-hydrogen) atoms. The first-order valence-corrected chi connectivity index (χ1v) is 9.13. The van der Waals surface area contributed by atoms with Gasteiger partial charge < -0.3 is 19.5 Å². The van der Waals surface area contributed by atoms with Gasteiger partial charge in [-0.05, 0) is 31.2 Å². The quantitative estimate of drug-likeness (QED) is 0.656. The first kappa shape index (κ1) is 19.6. The summed E-state index contributed by atoms with van der Waals surface area (Å²) in [6, 6.07) is 9.62. The van der Waals surface area contributed by atoms with Gasteiger partial charge in [0.1, 0.15) is 33.0 Å². The molecule has 0 radical (unpaired) electrons. The maximum Gasteiger partial charge on any atom is 0.267 e. The molecular weight excluding hydrogens is 383 g/mol.